The maximum absolute atomic E-state index is 9.33. The molecule has 4 heteroatoms. The molecule has 0 spiro atoms. The van der Waals surface area contributed by atoms with Crippen LogP contribution in [0.1, 0.15) is 70.6 Å². The summed E-state index contributed by atoms with van der Waals surface area (Å²) in [5.41, 5.74) is 0.298. The van der Waals surface area contributed by atoms with Gasteiger partial charge in [0.25, 0.3) is 0 Å². The van der Waals surface area contributed by atoms with E-state index >= 15 is 0 Å². The van der Waals surface area contributed by atoms with E-state index in [9.17, 15) is 5.11 Å². The number of aromatic nitrogens is 3. The van der Waals surface area contributed by atoms with Gasteiger partial charge in [0.1, 0.15) is 12.4 Å². The summed E-state index contributed by atoms with van der Waals surface area (Å²) in [6.07, 6.45) is 3.69. The fourth-order valence-electron chi connectivity index (χ4n) is 3.05. The number of hydrogen-bond acceptors (Lipinski definition) is 3. The van der Waals surface area contributed by atoms with Crippen LogP contribution in [0.4, 0.5) is 0 Å². The van der Waals surface area contributed by atoms with Gasteiger partial charge in [0.15, 0.2) is 5.82 Å². The highest BCUT2D eigenvalue weighted by Crippen LogP contribution is 2.48. The molecule has 0 amide bonds. The Bertz CT molecular complexity index is 395. The van der Waals surface area contributed by atoms with Gasteiger partial charge in [-0.25, -0.2) is 0 Å². The molecule has 96 valence electrons. The number of rotatable bonds is 3. The normalized spacial score (nSPS) is 23.5. The van der Waals surface area contributed by atoms with Crippen LogP contribution in [0.15, 0.2) is 0 Å². The molecule has 1 aliphatic rings. The topological polar surface area (TPSA) is 50.9 Å². The second kappa shape index (κ2) is 4.41. The first-order chi connectivity index (χ1) is 7.97. The maximum atomic E-state index is 9.33. The SMILES string of the molecule is CC(C)n1c(CO)nnc1C1CCCC1(C)C. The molecule has 0 bridgehead atoms. The van der Waals surface area contributed by atoms with Gasteiger partial charge >= 0.3 is 0 Å². The first-order valence-corrected chi connectivity index (χ1v) is 6.52. The Hall–Kier alpha value is -0.900. The van der Waals surface area contributed by atoms with E-state index in [0.717, 1.165) is 5.82 Å². The summed E-state index contributed by atoms with van der Waals surface area (Å²) < 4.78 is 2.11. The van der Waals surface area contributed by atoms with Crippen molar-refractivity contribution >= 4 is 0 Å². The van der Waals surface area contributed by atoms with Crippen LogP contribution >= 0.6 is 0 Å². The third kappa shape index (κ3) is 2.10. The lowest BCUT2D eigenvalue weighted by Gasteiger charge is -2.27. The minimum atomic E-state index is -0.0294. The van der Waals surface area contributed by atoms with Crippen molar-refractivity contribution in [2.24, 2.45) is 5.41 Å². The van der Waals surface area contributed by atoms with Crippen LogP contribution in [0.3, 0.4) is 0 Å². The van der Waals surface area contributed by atoms with Crippen LogP contribution in [0.5, 0.6) is 0 Å². The first-order valence-electron chi connectivity index (χ1n) is 6.52. The van der Waals surface area contributed by atoms with Crippen molar-refractivity contribution in [3.63, 3.8) is 0 Å². The summed E-state index contributed by atoms with van der Waals surface area (Å²) >= 11 is 0. The minimum Gasteiger partial charge on any atom is -0.388 e. The molecule has 1 fully saturated rings. The number of aliphatic hydroxyl groups is 1. The van der Waals surface area contributed by atoms with E-state index < -0.39 is 0 Å². The van der Waals surface area contributed by atoms with Gasteiger partial charge < -0.3 is 9.67 Å². The average molecular weight is 237 g/mol. The highest BCUT2D eigenvalue weighted by Gasteiger charge is 2.39. The Balaban J connectivity index is 2.42. The highest BCUT2D eigenvalue weighted by molar-refractivity contribution is 5.10. The molecule has 1 N–H and O–H groups in total. The summed E-state index contributed by atoms with van der Waals surface area (Å²) in [7, 11) is 0. The van der Waals surface area contributed by atoms with E-state index in [0.29, 0.717) is 23.2 Å². The molecule has 1 aromatic rings. The van der Waals surface area contributed by atoms with Crippen LogP contribution in [0.25, 0.3) is 0 Å². The molecule has 1 atom stereocenters. The van der Waals surface area contributed by atoms with Crippen LogP contribution in [-0.4, -0.2) is 19.9 Å². The molecule has 2 rings (SSSR count). The van der Waals surface area contributed by atoms with Crippen molar-refractivity contribution in [2.45, 2.75) is 65.5 Å². The van der Waals surface area contributed by atoms with Crippen molar-refractivity contribution in [3.05, 3.63) is 11.6 Å². The average Bonchev–Trinajstić information content (AvgIpc) is 2.79. The highest BCUT2D eigenvalue weighted by atomic mass is 16.3. The van der Waals surface area contributed by atoms with Crippen molar-refractivity contribution in [1.29, 1.82) is 0 Å². The van der Waals surface area contributed by atoms with Crippen molar-refractivity contribution in [3.8, 4) is 0 Å². The molecular weight excluding hydrogens is 214 g/mol. The molecular formula is C13H23N3O. The summed E-state index contributed by atoms with van der Waals surface area (Å²) in [4.78, 5) is 0. The lowest BCUT2D eigenvalue weighted by atomic mass is 9.81. The molecule has 0 aliphatic heterocycles. The van der Waals surface area contributed by atoms with Crippen molar-refractivity contribution in [2.75, 3.05) is 0 Å². The Kier molecular flexibility index (Phi) is 3.25. The molecule has 1 aromatic heterocycles. The number of hydrogen-bond donors (Lipinski definition) is 1. The van der Waals surface area contributed by atoms with Gasteiger partial charge in [-0.05, 0) is 32.1 Å². The third-order valence-corrected chi connectivity index (χ3v) is 4.02. The lowest BCUT2D eigenvalue weighted by Crippen LogP contribution is -2.21. The predicted molar refractivity (Wildman–Crippen MR) is 66.7 cm³/mol. The minimum absolute atomic E-state index is 0.0294. The van der Waals surface area contributed by atoms with E-state index in [4.69, 9.17) is 0 Å². The van der Waals surface area contributed by atoms with Gasteiger partial charge in [-0.2, -0.15) is 0 Å². The smallest absolute Gasteiger partial charge is 0.159 e. The molecule has 17 heavy (non-hydrogen) atoms. The molecule has 0 saturated heterocycles. The Labute approximate surface area is 103 Å². The summed E-state index contributed by atoms with van der Waals surface area (Å²) in [6.45, 7) is 8.82. The standard InChI is InChI=1S/C13H23N3O/c1-9(2)16-11(8-17)14-15-12(16)10-6-5-7-13(10,3)4/h9-10,17H,5-8H2,1-4H3. The largest absolute Gasteiger partial charge is 0.388 e. The van der Waals surface area contributed by atoms with Crippen LogP contribution in [0, 0.1) is 5.41 Å². The Morgan fingerprint density at radius 3 is 2.59 bits per heavy atom. The van der Waals surface area contributed by atoms with Gasteiger partial charge in [-0.3, -0.25) is 0 Å². The molecule has 0 aromatic carbocycles. The van der Waals surface area contributed by atoms with Gasteiger partial charge in [-0.1, -0.05) is 20.3 Å². The summed E-state index contributed by atoms with van der Waals surface area (Å²) in [5.74, 6) is 2.22. The predicted octanol–water partition coefficient (Wildman–Crippen LogP) is 2.65. The zero-order valence-electron chi connectivity index (χ0n) is 11.3. The Morgan fingerprint density at radius 2 is 2.12 bits per heavy atom. The molecule has 4 nitrogen and oxygen atoms in total. The molecule has 1 saturated carbocycles. The van der Waals surface area contributed by atoms with Gasteiger partial charge in [0, 0.05) is 12.0 Å². The van der Waals surface area contributed by atoms with Gasteiger partial charge in [0.2, 0.25) is 0 Å². The Morgan fingerprint density at radius 1 is 1.41 bits per heavy atom. The van der Waals surface area contributed by atoms with Crippen molar-refractivity contribution in [1.82, 2.24) is 14.8 Å². The molecule has 1 heterocycles. The molecule has 1 aliphatic carbocycles. The second-order valence-corrected chi connectivity index (χ2v) is 6.03. The van der Waals surface area contributed by atoms with Gasteiger partial charge in [-0.15, -0.1) is 10.2 Å². The molecule has 0 radical (unpaired) electrons. The van der Waals surface area contributed by atoms with Crippen LogP contribution in [0.2, 0.25) is 0 Å². The summed E-state index contributed by atoms with van der Waals surface area (Å²) in [6, 6.07) is 0.304. The van der Waals surface area contributed by atoms with E-state index in [2.05, 4.69) is 42.5 Å². The van der Waals surface area contributed by atoms with Crippen molar-refractivity contribution < 1.29 is 5.11 Å². The van der Waals surface area contributed by atoms with Crippen LogP contribution in [-0.2, 0) is 6.61 Å². The lowest BCUT2D eigenvalue weighted by molar-refractivity contribution is 0.258. The van der Waals surface area contributed by atoms with Gasteiger partial charge in [0.05, 0.1) is 0 Å². The quantitative estimate of drug-likeness (QED) is 0.879. The zero-order valence-corrected chi connectivity index (χ0v) is 11.3. The second-order valence-electron chi connectivity index (χ2n) is 6.03. The van der Waals surface area contributed by atoms with E-state index in [1.165, 1.54) is 19.3 Å². The van der Waals surface area contributed by atoms with Crippen LogP contribution < -0.4 is 0 Å². The molecule has 1 unspecified atom stereocenters. The zero-order chi connectivity index (χ0) is 12.6. The monoisotopic (exact) mass is 237 g/mol. The van der Waals surface area contributed by atoms with E-state index in [-0.39, 0.29) is 6.61 Å². The number of nitrogens with zero attached hydrogens (tertiary/aromatic N) is 3. The van der Waals surface area contributed by atoms with E-state index in [1.54, 1.807) is 0 Å². The fourth-order valence-corrected chi connectivity index (χ4v) is 3.05. The summed E-state index contributed by atoms with van der Waals surface area (Å²) in [5, 5.41) is 17.8. The fraction of sp³-hybridized carbons (Fsp3) is 0.846. The van der Waals surface area contributed by atoms with E-state index in [1.807, 2.05) is 0 Å². The maximum Gasteiger partial charge on any atom is 0.159 e. The number of aliphatic hydroxyl groups excluding tert-OH is 1. The third-order valence-electron chi connectivity index (χ3n) is 4.02. The first kappa shape index (κ1) is 12.6.